The Labute approximate surface area is 204 Å². The van der Waals surface area contributed by atoms with Crippen LogP contribution in [0.3, 0.4) is 0 Å². The number of fused-ring (bicyclic) bond motifs is 1. The summed E-state index contributed by atoms with van der Waals surface area (Å²) in [6.45, 7) is 3.37. The fourth-order valence-electron chi connectivity index (χ4n) is 3.27. The van der Waals surface area contributed by atoms with Crippen molar-refractivity contribution in [2.75, 3.05) is 26.9 Å². The first-order valence-electron chi connectivity index (χ1n) is 9.67. The molecular formula is C18H19ClF2N4O8S2. The van der Waals surface area contributed by atoms with Gasteiger partial charge in [-0.25, -0.2) is 16.8 Å². The first-order chi connectivity index (χ1) is 16.2. The molecule has 0 spiro atoms. The van der Waals surface area contributed by atoms with Crippen molar-refractivity contribution in [3.05, 3.63) is 67.8 Å². The van der Waals surface area contributed by atoms with Crippen molar-refractivity contribution >= 4 is 54.4 Å². The molecule has 2 aromatic rings. The van der Waals surface area contributed by atoms with E-state index in [2.05, 4.69) is 0 Å². The Morgan fingerprint density at radius 1 is 1.06 bits per heavy atom. The molecule has 0 aromatic heterocycles. The highest BCUT2D eigenvalue weighted by molar-refractivity contribution is 7.93. The number of hydrogen-bond acceptors (Lipinski definition) is 8. The summed E-state index contributed by atoms with van der Waals surface area (Å²) in [4.78, 5) is 19.3. The van der Waals surface area contributed by atoms with Crippen molar-refractivity contribution in [1.29, 1.82) is 0 Å². The largest absolute Gasteiger partial charge is 0.306 e. The number of anilines is 2. The van der Waals surface area contributed by atoms with Crippen molar-refractivity contribution in [2.45, 2.75) is 19.6 Å². The minimum absolute atomic E-state index is 0.00579. The minimum Gasteiger partial charge on any atom is -0.270 e. The molecule has 0 bridgehead atoms. The maximum Gasteiger partial charge on any atom is 0.306 e. The number of nitro groups is 2. The maximum absolute atomic E-state index is 13.4. The van der Waals surface area contributed by atoms with Crippen LogP contribution >= 0.6 is 11.6 Å². The number of sulfonamides is 2. The average Bonchev–Trinajstić information content (AvgIpc) is 3.02. The van der Waals surface area contributed by atoms with Crippen LogP contribution in [-0.4, -0.2) is 45.0 Å². The van der Waals surface area contributed by atoms with Gasteiger partial charge in [-0.1, -0.05) is 0 Å². The zero-order valence-corrected chi connectivity index (χ0v) is 20.6. The first-order valence-corrected chi connectivity index (χ1v) is 13.4. The predicted octanol–water partition coefficient (Wildman–Crippen LogP) is 3.49. The van der Waals surface area contributed by atoms with Gasteiger partial charge < -0.3 is 0 Å². The van der Waals surface area contributed by atoms with Gasteiger partial charge in [0.15, 0.2) is 0 Å². The molecule has 0 amide bonds. The van der Waals surface area contributed by atoms with Crippen molar-refractivity contribution in [3.63, 3.8) is 0 Å². The SMILES string of the molecule is CCN(c1ccc(F)c([N+](=O)[O-])c1)S(=O)(=O)CCl.CCN1c2cc(F)c([N+](=O)[O-])cc2CS1(=O)=O. The Hall–Kier alpha value is -3.11. The number of halogens is 3. The fourth-order valence-corrected chi connectivity index (χ4v) is 6.21. The number of rotatable bonds is 7. The standard InChI is InChI=1S/C9H10ClFN2O4S.C9H9FN2O4S/c1-2-12(18(16,17)6-10)7-3-4-8(11)9(5-7)13(14)15;1-2-11-8-4-7(10)9(12(13)14)3-6(8)5-17(11,15)16/h3-5H,2,6H2,1H3;3-4H,2,5H2,1H3. The van der Waals surface area contributed by atoms with Crippen molar-refractivity contribution < 1.29 is 35.5 Å². The normalized spacial score (nSPS) is 14.0. The Balaban J connectivity index is 0.000000247. The van der Waals surface area contributed by atoms with E-state index in [4.69, 9.17) is 11.6 Å². The molecule has 2 aromatic carbocycles. The van der Waals surface area contributed by atoms with E-state index in [9.17, 15) is 45.8 Å². The molecule has 0 unspecified atom stereocenters. The molecule has 0 atom stereocenters. The lowest BCUT2D eigenvalue weighted by atomic mass is 10.1. The van der Waals surface area contributed by atoms with Crippen LogP contribution in [0.2, 0.25) is 0 Å². The van der Waals surface area contributed by atoms with Crippen LogP contribution in [0.5, 0.6) is 0 Å². The number of benzene rings is 2. The molecule has 0 N–H and O–H groups in total. The molecule has 0 radical (unpaired) electrons. The Kier molecular flexibility index (Phi) is 8.56. The van der Waals surface area contributed by atoms with Crippen LogP contribution in [-0.2, 0) is 25.8 Å². The van der Waals surface area contributed by atoms with E-state index in [1.807, 2.05) is 0 Å². The topological polar surface area (TPSA) is 161 Å². The van der Waals surface area contributed by atoms with Gasteiger partial charge in [0.05, 0.1) is 27.0 Å². The van der Waals surface area contributed by atoms with Crippen molar-refractivity contribution in [2.24, 2.45) is 0 Å². The van der Waals surface area contributed by atoms with Crippen LogP contribution < -0.4 is 8.61 Å². The first kappa shape index (κ1) is 28.1. The molecule has 1 aliphatic rings. The van der Waals surface area contributed by atoms with Crippen LogP contribution in [0.1, 0.15) is 19.4 Å². The van der Waals surface area contributed by atoms with Crippen molar-refractivity contribution in [3.8, 4) is 0 Å². The third kappa shape index (κ3) is 5.94. The molecule has 1 heterocycles. The van der Waals surface area contributed by atoms with Crippen LogP contribution in [0.25, 0.3) is 0 Å². The molecule has 0 aliphatic carbocycles. The summed E-state index contributed by atoms with van der Waals surface area (Å²) in [5.74, 6) is -2.37. The molecule has 12 nitrogen and oxygen atoms in total. The Bertz CT molecular complexity index is 1370. The van der Waals surface area contributed by atoms with E-state index in [-0.39, 0.29) is 35.8 Å². The third-order valence-corrected chi connectivity index (χ3v) is 8.80. The van der Waals surface area contributed by atoms with E-state index in [1.54, 1.807) is 13.8 Å². The maximum atomic E-state index is 13.4. The van der Waals surface area contributed by atoms with Crippen molar-refractivity contribution in [1.82, 2.24) is 0 Å². The predicted molar refractivity (Wildman–Crippen MR) is 124 cm³/mol. The molecule has 3 rings (SSSR count). The lowest BCUT2D eigenvalue weighted by Crippen LogP contribution is -2.31. The summed E-state index contributed by atoms with van der Waals surface area (Å²) >= 11 is 5.31. The van der Waals surface area contributed by atoms with Gasteiger partial charge in [-0.2, -0.15) is 8.78 Å². The second kappa shape index (κ2) is 10.7. The van der Waals surface area contributed by atoms with Gasteiger partial charge in [0.1, 0.15) is 5.21 Å². The van der Waals surface area contributed by atoms with Gasteiger partial charge in [-0.05, 0) is 26.0 Å². The summed E-state index contributed by atoms with van der Waals surface area (Å²) in [6.07, 6.45) is 0. The highest BCUT2D eigenvalue weighted by atomic mass is 35.5. The fraction of sp³-hybridized carbons (Fsp3) is 0.333. The summed E-state index contributed by atoms with van der Waals surface area (Å²) in [6, 6.07) is 4.75. The van der Waals surface area contributed by atoms with Gasteiger partial charge in [0.2, 0.25) is 31.7 Å². The molecule has 0 saturated heterocycles. The quantitative estimate of drug-likeness (QED) is 0.284. The van der Waals surface area contributed by atoms with E-state index in [1.165, 1.54) is 0 Å². The van der Waals surface area contributed by atoms with Gasteiger partial charge in [-0.15, -0.1) is 11.6 Å². The molecule has 17 heteroatoms. The van der Waals surface area contributed by atoms with E-state index < -0.39 is 58.1 Å². The smallest absolute Gasteiger partial charge is 0.270 e. The number of nitrogens with zero attached hydrogens (tertiary/aromatic N) is 4. The Morgan fingerprint density at radius 2 is 1.63 bits per heavy atom. The molecular weight excluding hydrogens is 538 g/mol. The van der Waals surface area contributed by atoms with Crippen LogP contribution in [0.4, 0.5) is 31.5 Å². The lowest BCUT2D eigenvalue weighted by molar-refractivity contribution is -0.387. The highest BCUT2D eigenvalue weighted by Gasteiger charge is 2.35. The lowest BCUT2D eigenvalue weighted by Gasteiger charge is -2.21. The molecule has 0 saturated carbocycles. The molecule has 1 aliphatic heterocycles. The summed E-state index contributed by atoms with van der Waals surface area (Å²) in [5.41, 5.74) is -1.02. The second-order valence-corrected chi connectivity index (χ2v) is 11.3. The number of alkyl halides is 1. The summed E-state index contributed by atoms with van der Waals surface area (Å²) in [7, 11) is -7.28. The minimum atomic E-state index is -3.76. The molecule has 192 valence electrons. The second-order valence-electron chi connectivity index (χ2n) is 6.89. The third-order valence-electron chi connectivity index (χ3n) is 4.75. The van der Waals surface area contributed by atoms with Gasteiger partial charge in [0.25, 0.3) is 0 Å². The zero-order valence-electron chi connectivity index (χ0n) is 18.2. The Morgan fingerprint density at radius 3 is 2.11 bits per heavy atom. The monoisotopic (exact) mass is 556 g/mol. The summed E-state index contributed by atoms with van der Waals surface area (Å²) in [5, 5.41) is 20.5. The average molecular weight is 557 g/mol. The molecule has 0 fully saturated rings. The van der Waals surface area contributed by atoms with E-state index in [0.29, 0.717) is 0 Å². The number of hydrogen-bond donors (Lipinski definition) is 0. The van der Waals surface area contributed by atoms with Crippen LogP contribution in [0.15, 0.2) is 30.3 Å². The van der Waals surface area contributed by atoms with E-state index in [0.717, 1.165) is 38.9 Å². The van der Waals surface area contributed by atoms with Gasteiger partial charge in [-0.3, -0.25) is 28.8 Å². The van der Waals surface area contributed by atoms with Gasteiger partial charge in [0, 0.05) is 36.9 Å². The highest BCUT2D eigenvalue weighted by Crippen LogP contribution is 2.37. The zero-order chi connectivity index (χ0) is 26.7. The van der Waals surface area contributed by atoms with Gasteiger partial charge >= 0.3 is 11.4 Å². The molecule has 35 heavy (non-hydrogen) atoms. The number of nitro benzene ring substituents is 2. The van der Waals surface area contributed by atoms with E-state index >= 15 is 0 Å². The summed E-state index contributed by atoms with van der Waals surface area (Å²) < 4.78 is 75.1. The van der Waals surface area contributed by atoms with Crippen LogP contribution in [0, 0.1) is 31.9 Å².